The normalized spacial score (nSPS) is 14.1. The molecule has 0 aliphatic rings. The number of rotatable bonds is 4. The molecule has 2 aromatic rings. The van der Waals surface area contributed by atoms with E-state index in [0.29, 0.717) is 11.7 Å². The molecule has 0 bridgehead atoms. The highest BCUT2D eigenvalue weighted by Crippen LogP contribution is 2.25. The number of carboxylic acid groups (broad SMARTS) is 1. The summed E-state index contributed by atoms with van der Waals surface area (Å²) in [4.78, 5) is 15.2. The lowest BCUT2D eigenvalue weighted by Gasteiger charge is -2.10. The fraction of sp³-hybridized carbons (Fsp3) is 0.308. The van der Waals surface area contributed by atoms with E-state index >= 15 is 0 Å². The molecular formula is C13H13BrN2O3. The van der Waals surface area contributed by atoms with Crippen LogP contribution in [-0.4, -0.2) is 21.2 Å². The summed E-state index contributed by atoms with van der Waals surface area (Å²) in [6.07, 6.45) is 0. The first-order valence-corrected chi connectivity index (χ1v) is 6.60. The van der Waals surface area contributed by atoms with Crippen LogP contribution in [0.2, 0.25) is 0 Å². The van der Waals surface area contributed by atoms with Crippen LogP contribution in [0.25, 0.3) is 11.4 Å². The van der Waals surface area contributed by atoms with E-state index in [2.05, 4.69) is 26.1 Å². The minimum absolute atomic E-state index is 0.325. The van der Waals surface area contributed by atoms with Crippen molar-refractivity contribution in [3.8, 4) is 11.4 Å². The van der Waals surface area contributed by atoms with Crippen molar-refractivity contribution in [3.63, 3.8) is 0 Å². The van der Waals surface area contributed by atoms with E-state index in [4.69, 9.17) is 9.63 Å². The standard InChI is InChI=1S/C13H13BrN2O3/c1-7(8(2)13(17)18)12-15-11(16-19-12)9-3-5-10(14)6-4-9/h3-8H,1-2H3,(H,17,18). The Hall–Kier alpha value is -1.69. The van der Waals surface area contributed by atoms with Gasteiger partial charge in [-0.15, -0.1) is 0 Å². The van der Waals surface area contributed by atoms with Gasteiger partial charge < -0.3 is 9.63 Å². The molecule has 0 aliphatic carbocycles. The summed E-state index contributed by atoms with van der Waals surface area (Å²) in [6.45, 7) is 3.38. The first-order chi connectivity index (χ1) is 8.99. The van der Waals surface area contributed by atoms with Crippen LogP contribution in [0.3, 0.4) is 0 Å². The minimum Gasteiger partial charge on any atom is -0.481 e. The lowest BCUT2D eigenvalue weighted by atomic mass is 9.96. The Labute approximate surface area is 118 Å². The van der Waals surface area contributed by atoms with Crippen molar-refractivity contribution < 1.29 is 14.4 Å². The highest BCUT2D eigenvalue weighted by molar-refractivity contribution is 9.10. The van der Waals surface area contributed by atoms with Gasteiger partial charge in [0.2, 0.25) is 11.7 Å². The maximum Gasteiger partial charge on any atom is 0.307 e. The smallest absolute Gasteiger partial charge is 0.307 e. The number of halogens is 1. The van der Waals surface area contributed by atoms with Crippen molar-refractivity contribution in [3.05, 3.63) is 34.6 Å². The highest BCUT2D eigenvalue weighted by Gasteiger charge is 2.26. The Morgan fingerprint density at radius 1 is 1.32 bits per heavy atom. The molecule has 1 N–H and O–H groups in total. The Morgan fingerprint density at radius 2 is 1.95 bits per heavy atom. The monoisotopic (exact) mass is 324 g/mol. The Kier molecular flexibility index (Phi) is 3.99. The van der Waals surface area contributed by atoms with Gasteiger partial charge in [0, 0.05) is 16.0 Å². The summed E-state index contributed by atoms with van der Waals surface area (Å²) < 4.78 is 6.11. The molecule has 5 nitrogen and oxygen atoms in total. The summed E-state index contributed by atoms with van der Waals surface area (Å²) in [7, 11) is 0. The molecule has 0 radical (unpaired) electrons. The molecule has 2 unspecified atom stereocenters. The molecular weight excluding hydrogens is 312 g/mol. The molecule has 0 saturated carbocycles. The second kappa shape index (κ2) is 5.52. The lowest BCUT2D eigenvalue weighted by molar-refractivity contribution is -0.141. The first kappa shape index (κ1) is 13.7. The number of aromatic nitrogens is 2. The summed E-state index contributed by atoms with van der Waals surface area (Å²) in [6, 6.07) is 7.50. The average Bonchev–Trinajstić information content (AvgIpc) is 2.87. The van der Waals surface area contributed by atoms with E-state index in [1.54, 1.807) is 13.8 Å². The third kappa shape index (κ3) is 3.01. The molecule has 1 aromatic heterocycles. The van der Waals surface area contributed by atoms with Gasteiger partial charge in [0.05, 0.1) is 5.92 Å². The van der Waals surface area contributed by atoms with Crippen molar-refractivity contribution in [2.24, 2.45) is 5.92 Å². The van der Waals surface area contributed by atoms with Gasteiger partial charge >= 0.3 is 5.97 Å². The van der Waals surface area contributed by atoms with Crippen LogP contribution in [0, 0.1) is 5.92 Å². The SMILES string of the molecule is CC(C(=O)O)C(C)c1nc(-c2ccc(Br)cc2)no1. The Balaban J connectivity index is 2.24. The van der Waals surface area contributed by atoms with Crippen LogP contribution in [0.5, 0.6) is 0 Å². The molecule has 2 atom stereocenters. The van der Waals surface area contributed by atoms with E-state index in [0.717, 1.165) is 10.0 Å². The Morgan fingerprint density at radius 3 is 2.53 bits per heavy atom. The first-order valence-electron chi connectivity index (χ1n) is 5.81. The second-order valence-electron chi connectivity index (χ2n) is 4.38. The zero-order valence-electron chi connectivity index (χ0n) is 10.5. The van der Waals surface area contributed by atoms with Crippen LogP contribution >= 0.6 is 15.9 Å². The fourth-order valence-corrected chi connectivity index (χ4v) is 1.83. The van der Waals surface area contributed by atoms with Crippen molar-refractivity contribution in [2.45, 2.75) is 19.8 Å². The molecule has 2 rings (SSSR count). The lowest BCUT2D eigenvalue weighted by Crippen LogP contribution is -2.16. The molecule has 0 aliphatic heterocycles. The van der Waals surface area contributed by atoms with Gasteiger partial charge in [-0.1, -0.05) is 34.9 Å². The van der Waals surface area contributed by atoms with Crippen LogP contribution in [0.1, 0.15) is 25.7 Å². The number of hydrogen-bond donors (Lipinski definition) is 1. The van der Waals surface area contributed by atoms with Crippen LogP contribution in [-0.2, 0) is 4.79 Å². The van der Waals surface area contributed by atoms with Crippen molar-refractivity contribution in [1.82, 2.24) is 10.1 Å². The van der Waals surface area contributed by atoms with E-state index in [9.17, 15) is 4.79 Å². The highest BCUT2D eigenvalue weighted by atomic mass is 79.9. The molecule has 0 spiro atoms. The van der Waals surface area contributed by atoms with Gasteiger partial charge in [0.25, 0.3) is 0 Å². The number of carboxylic acids is 1. The molecule has 0 amide bonds. The number of benzene rings is 1. The van der Waals surface area contributed by atoms with E-state index in [1.807, 2.05) is 24.3 Å². The molecule has 1 heterocycles. The third-order valence-corrected chi connectivity index (χ3v) is 3.60. The molecule has 0 fully saturated rings. The van der Waals surface area contributed by atoms with Gasteiger partial charge in [0.15, 0.2) is 0 Å². The second-order valence-corrected chi connectivity index (χ2v) is 5.29. The van der Waals surface area contributed by atoms with Gasteiger partial charge in [0.1, 0.15) is 0 Å². The number of nitrogens with zero attached hydrogens (tertiary/aromatic N) is 2. The van der Waals surface area contributed by atoms with Crippen molar-refractivity contribution in [2.75, 3.05) is 0 Å². The molecule has 100 valence electrons. The van der Waals surface area contributed by atoms with E-state index in [1.165, 1.54) is 0 Å². The number of hydrogen-bond acceptors (Lipinski definition) is 4. The molecule has 0 saturated heterocycles. The van der Waals surface area contributed by atoms with E-state index < -0.39 is 11.9 Å². The van der Waals surface area contributed by atoms with Gasteiger partial charge in [-0.05, 0) is 24.3 Å². The van der Waals surface area contributed by atoms with Crippen LogP contribution in [0.15, 0.2) is 33.3 Å². The number of carbonyl (C=O) groups is 1. The van der Waals surface area contributed by atoms with E-state index in [-0.39, 0.29) is 5.92 Å². The van der Waals surface area contributed by atoms with Crippen LogP contribution in [0.4, 0.5) is 0 Å². The summed E-state index contributed by atoms with van der Waals surface area (Å²) >= 11 is 3.35. The summed E-state index contributed by atoms with van der Waals surface area (Å²) in [5.74, 6) is -0.969. The van der Waals surface area contributed by atoms with Crippen LogP contribution < -0.4 is 0 Å². The quantitative estimate of drug-likeness (QED) is 0.933. The number of aliphatic carboxylic acids is 1. The predicted molar refractivity (Wildman–Crippen MR) is 72.6 cm³/mol. The topological polar surface area (TPSA) is 76.2 Å². The zero-order chi connectivity index (χ0) is 14.0. The predicted octanol–water partition coefficient (Wildman–Crippen LogP) is 3.32. The average molecular weight is 325 g/mol. The minimum atomic E-state index is -0.879. The molecule has 6 heteroatoms. The van der Waals surface area contributed by atoms with Crippen molar-refractivity contribution in [1.29, 1.82) is 0 Å². The molecule has 1 aromatic carbocycles. The summed E-state index contributed by atoms with van der Waals surface area (Å²) in [5, 5.41) is 12.9. The Bertz CT molecular complexity index is 580. The van der Waals surface area contributed by atoms with Crippen molar-refractivity contribution >= 4 is 21.9 Å². The molecule has 19 heavy (non-hydrogen) atoms. The van der Waals surface area contributed by atoms with Gasteiger partial charge in [-0.2, -0.15) is 4.98 Å². The summed E-state index contributed by atoms with van der Waals surface area (Å²) in [5.41, 5.74) is 0.827. The zero-order valence-corrected chi connectivity index (χ0v) is 12.1. The third-order valence-electron chi connectivity index (χ3n) is 3.07. The maximum atomic E-state index is 10.9. The van der Waals surface area contributed by atoms with Gasteiger partial charge in [-0.3, -0.25) is 4.79 Å². The maximum absolute atomic E-state index is 10.9. The largest absolute Gasteiger partial charge is 0.481 e. The fourth-order valence-electron chi connectivity index (χ4n) is 1.56. The van der Waals surface area contributed by atoms with Gasteiger partial charge in [-0.25, -0.2) is 0 Å².